The van der Waals surface area contributed by atoms with Crippen molar-refractivity contribution < 1.29 is 9.53 Å². The summed E-state index contributed by atoms with van der Waals surface area (Å²) in [5.74, 6) is 0.593. The number of nitrogens with one attached hydrogen (secondary N) is 1. The van der Waals surface area contributed by atoms with Gasteiger partial charge in [-0.2, -0.15) is 0 Å². The van der Waals surface area contributed by atoms with E-state index in [9.17, 15) is 4.79 Å². The van der Waals surface area contributed by atoms with Gasteiger partial charge < -0.3 is 4.74 Å². The molecule has 3 rings (SSSR count). The minimum Gasteiger partial charge on any atom is -0.497 e. The van der Waals surface area contributed by atoms with E-state index in [2.05, 4.69) is 15.5 Å². The van der Waals surface area contributed by atoms with Crippen molar-refractivity contribution >= 4 is 28.5 Å². The SMILES string of the molecule is COc1ccc(Cc2nnc(NC(=O)C=Cc3ccccc3)s2)cc1. The van der Waals surface area contributed by atoms with Crippen LogP contribution in [0.15, 0.2) is 60.7 Å². The average molecular weight is 351 g/mol. The molecule has 3 aromatic rings. The van der Waals surface area contributed by atoms with E-state index in [1.807, 2.05) is 54.6 Å². The molecule has 0 saturated carbocycles. The lowest BCUT2D eigenvalue weighted by Crippen LogP contribution is -2.07. The third-order valence-corrected chi connectivity index (χ3v) is 4.28. The largest absolute Gasteiger partial charge is 0.497 e. The number of ether oxygens (including phenoxy) is 1. The highest BCUT2D eigenvalue weighted by atomic mass is 32.1. The number of carbonyl (C=O) groups is 1. The number of aromatic nitrogens is 2. The van der Waals surface area contributed by atoms with Gasteiger partial charge in [-0.25, -0.2) is 0 Å². The Balaban J connectivity index is 1.57. The van der Waals surface area contributed by atoms with Crippen molar-refractivity contribution in [3.63, 3.8) is 0 Å². The Morgan fingerprint density at radius 1 is 1.12 bits per heavy atom. The smallest absolute Gasteiger partial charge is 0.250 e. The van der Waals surface area contributed by atoms with Crippen molar-refractivity contribution in [3.8, 4) is 5.75 Å². The molecule has 5 nitrogen and oxygen atoms in total. The molecule has 1 aromatic heterocycles. The van der Waals surface area contributed by atoms with E-state index in [0.717, 1.165) is 21.9 Å². The zero-order valence-corrected chi connectivity index (χ0v) is 14.5. The second-order valence-electron chi connectivity index (χ2n) is 5.26. The molecule has 0 spiro atoms. The minimum atomic E-state index is -0.226. The number of amides is 1. The first kappa shape index (κ1) is 16.9. The average Bonchev–Trinajstić information content (AvgIpc) is 3.08. The molecule has 0 saturated heterocycles. The van der Waals surface area contributed by atoms with E-state index in [1.54, 1.807) is 13.2 Å². The molecule has 2 aromatic carbocycles. The van der Waals surface area contributed by atoms with Crippen molar-refractivity contribution in [2.24, 2.45) is 0 Å². The third kappa shape index (κ3) is 4.99. The molecular weight excluding hydrogens is 334 g/mol. The van der Waals surface area contributed by atoms with Crippen molar-refractivity contribution in [2.75, 3.05) is 12.4 Å². The molecule has 6 heteroatoms. The van der Waals surface area contributed by atoms with Gasteiger partial charge in [-0.1, -0.05) is 53.8 Å². The summed E-state index contributed by atoms with van der Waals surface area (Å²) in [5, 5.41) is 12.2. The van der Waals surface area contributed by atoms with Crippen molar-refractivity contribution in [1.82, 2.24) is 10.2 Å². The monoisotopic (exact) mass is 351 g/mol. The maximum Gasteiger partial charge on any atom is 0.250 e. The summed E-state index contributed by atoms with van der Waals surface area (Å²) in [7, 11) is 1.64. The summed E-state index contributed by atoms with van der Waals surface area (Å²) in [5.41, 5.74) is 2.08. The van der Waals surface area contributed by atoms with Crippen LogP contribution in [0.3, 0.4) is 0 Å². The first-order valence-corrected chi connectivity index (χ1v) is 8.54. The molecule has 1 amide bonds. The molecule has 0 aliphatic rings. The van der Waals surface area contributed by atoms with Crippen LogP contribution in [0.2, 0.25) is 0 Å². The maximum absolute atomic E-state index is 12.0. The van der Waals surface area contributed by atoms with Crippen LogP contribution in [-0.2, 0) is 11.2 Å². The van der Waals surface area contributed by atoms with Crippen LogP contribution in [0.5, 0.6) is 5.75 Å². The zero-order valence-electron chi connectivity index (χ0n) is 13.7. The predicted octanol–water partition coefficient (Wildman–Crippen LogP) is 3.79. The fraction of sp³-hybridized carbons (Fsp3) is 0.105. The Morgan fingerprint density at radius 3 is 2.60 bits per heavy atom. The summed E-state index contributed by atoms with van der Waals surface area (Å²) in [6.45, 7) is 0. The molecule has 0 unspecified atom stereocenters. The molecule has 0 radical (unpaired) electrons. The Labute approximate surface area is 150 Å². The topological polar surface area (TPSA) is 64.1 Å². The van der Waals surface area contributed by atoms with E-state index >= 15 is 0 Å². The number of benzene rings is 2. The van der Waals surface area contributed by atoms with Gasteiger partial charge in [-0.3, -0.25) is 10.1 Å². The molecule has 0 bridgehead atoms. The maximum atomic E-state index is 12.0. The highest BCUT2D eigenvalue weighted by molar-refractivity contribution is 7.15. The summed E-state index contributed by atoms with van der Waals surface area (Å²) >= 11 is 1.37. The lowest BCUT2D eigenvalue weighted by atomic mass is 10.1. The number of anilines is 1. The van der Waals surface area contributed by atoms with Crippen molar-refractivity contribution in [3.05, 3.63) is 76.8 Å². The van der Waals surface area contributed by atoms with Crippen molar-refractivity contribution in [1.29, 1.82) is 0 Å². The second kappa shape index (κ2) is 8.21. The first-order valence-electron chi connectivity index (χ1n) is 7.72. The normalized spacial score (nSPS) is 10.8. The molecule has 1 N–H and O–H groups in total. The van der Waals surface area contributed by atoms with Gasteiger partial charge in [-0.05, 0) is 29.3 Å². The zero-order chi connectivity index (χ0) is 17.5. The van der Waals surface area contributed by atoms with Crippen molar-refractivity contribution in [2.45, 2.75) is 6.42 Å². The van der Waals surface area contributed by atoms with Gasteiger partial charge in [0.25, 0.3) is 0 Å². The minimum absolute atomic E-state index is 0.226. The molecule has 1 heterocycles. The van der Waals surface area contributed by atoms with Crippen LogP contribution in [0.1, 0.15) is 16.1 Å². The molecule has 0 aliphatic heterocycles. The highest BCUT2D eigenvalue weighted by Crippen LogP contribution is 2.20. The van der Waals surface area contributed by atoms with Gasteiger partial charge in [-0.15, -0.1) is 10.2 Å². The summed E-state index contributed by atoms with van der Waals surface area (Å²) < 4.78 is 5.14. The molecule has 0 aliphatic carbocycles. The Morgan fingerprint density at radius 2 is 1.88 bits per heavy atom. The van der Waals surface area contributed by atoms with Crippen LogP contribution in [0.4, 0.5) is 5.13 Å². The van der Waals surface area contributed by atoms with Crippen LogP contribution in [0, 0.1) is 0 Å². The third-order valence-electron chi connectivity index (χ3n) is 3.44. The van der Waals surface area contributed by atoms with E-state index in [4.69, 9.17) is 4.74 Å². The van der Waals surface area contributed by atoms with Gasteiger partial charge >= 0.3 is 0 Å². The molecule has 126 valence electrons. The number of hydrogen-bond acceptors (Lipinski definition) is 5. The fourth-order valence-electron chi connectivity index (χ4n) is 2.18. The fourth-order valence-corrected chi connectivity index (χ4v) is 2.95. The summed E-state index contributed by atoms with van der Waals surface area (Å²) in [4.78, 5) is 12.0. The number of hydrogen-bond donors (Lipinski definition) is 1. The van der Waals surface area contributed by atoms with E-state index in [0.29, 0.717) is 11.6 Å². The standard InChI is InChI=1S/C19H17N3O2S/c1-24-16-10-7-15(8-11-16)13-18-21-22-19(25-18)20-17(23)12-9-14-5-3-2-4-6-14/h2-12H,13H2,1H3,(H,20,22,23). The summed E-state index contributed by atoms with van der Waals surface area (Å²) in [6.07, 6.45) is 3.91. The van der Waals surface area contributed by atoms with Crippen LogP contribution >= 0.6 is 11.3 Å². The second-order valence-corrected chi connectivity index (χ2v) is 6.32. The Hall–Kier alpha value is -2.99. The number of nitrogens with zero attached hydrogens (tertiary/aromatic N) is 2. The highest BCUT2D eigenvalue weighted by Gasteiger charge is 2.07. The van der Waals surface area contributed by atoms with Crippen LogP contribution in [-0.4, -0.2) is 23.2 Å². The molecule has 25 heavy (non-hydrogen) atoms. The molecular formula is C19H17N3O2S. The van der Waals surface area contributed by atoms with E-state index in [-0.39, 0.29) is 5.91 Å². The van der Waals surface area contributed by atoms with Gasteiger partial charge in [0.15, 0.2) is 0 Å². The van der Waals surface area contributed by atoms with Gasteiger partial charge in [0.2, 0.25) is 11.0 Å². The van der Waals surface area contributed by atoms with E-state index in [1.165, 1.54) is 17.4 Å². The summed E-state index contributed by atoms with van der Waals surface area (Å²) in [6, 6.07) is 17.4. The molecule has 0 atom stereocenters. The van der Waals surface area contributed by atoms with Crippen LogP contribution < -0.4 is 10.1 Å². The lowest BCUT2D eigenvalue weighted by molar-refractivity contribution is -0.111. The van der Waals surface area contributed by atoms with E-state index < -0.39 is 0 Å². The quantitative estimate of drug-likeness (QED) is 0.686. The number of rotatable bonds is 6. The predicted molar refractivity (Wildman–Crippen MR) is 99.8 cm³/mol. The Bertz CT molecular complexity index is 858. The number of methoxy groups -OCH3 is 1. The van der Waals surface area contributed by atoms with Gasteiger partial charge in [0, 0.05) is 12.5 Å². The lowest BCUT2D eigenvalue weighted by Gasteiger charge is -2.00. The van der Waals surface area contributed by atoms with Gasteiger partial charge in [0.1, 0.15) is 10.8 Å². The Kier molecular flexibility index (Phi) is 5.53. The van der Waals surface area contributed by atoms with Crippen LogP contribution in [0.25, 0.3) is 6.08 Å². The number of carbonyl (C=O) groups excluding carboxylic acids is 1. The van der Waals surface area contributed by atoms with Gasteiger partial charge in [0.05, 0.1) is 7.11 Å². The first-order chi connectivity index (χ1) is 12.2. The molecule has 0 fully saturated rings.